The minimum absolute atomic E-state index is 0.00309. The second-order valence-electron chi connectivity index (χ2n) is 5.53. The average Bonchev–Trinajstić information content (AvgIpc) is 2.72. The van der Waals surface area contributed by atoms with Gasteiger partial charge in [-0.2, -0.15) is 0 Å². The van der Waals surface area contributed by atoms with E-state index in [4.69, 9.17) is 27.9 Å². The molecule has 3 rings (SSSR count). The summed E-state index contributed by atoms with van der Waals surface area (Å²) in [6.07, 6.45) is 5.76. The number of ether oxygens (including phenoxy) is 1. The zero-order valence-corrected chi connectivity index (χ0v) is 17.3. The van der Waals surface area contributed by atoms with E-state index in [1.807, 2.05) is 19.1 Å². The van der Waals surface area contributed by atoms with Crippen LogP contribution in [0.25, 0.3) is 10.9 Å². The average molecular weight is 437 g/mol. The summed E-state index contributed by atoms with van der Waals surface area (Å²) in [7, 11) is 1.50. The summed E-state index contributed by atoms with van der Waals surface area (Å²) in [5.41, 5.74) is 1.67. The van der Waals surface area contributed by atoms with Crippen LogP contribution in [0.2, 0.25) is 5.02 Å². The summed E-state index contributed by atoms with van der Waals surface area (Å²) in [6, 6.07) is 7.64. The Kier molecular flexibility index (Phi) is 8.64. The first-order valence-corrected chi connectivity index (χ1v) is 9.37. The Morgan fingerprint density at radius 2 is 2.03 bits per heavy atom. The molecule has 0 saturated carbocycles. The smallest absolute Gasteiger partial charge is 0.211 e. The zero-order chi connectivity index (χ0) is 21.2. The molecule has 3 aromatic rings. The highest BCUT2D eigenvalue weighted by Crippen LogP contribution is 2.33. The van der Waals surface area contributed by atoms with Crippen molar-refractivity contribution in [2.45, 2.75) is 6.92 Å². The summed E-state index contributed by atoms with van der Waals surface area (Å²) >= 11 is 11.0. The Morgan fingerprint density at radius 3 is 2.62 bits per heavy atom. The molecule has 2 aromatic carbocycles. The molecule has 0 fully saturated rings. The standard InChI is InChI=1S/C16H12ClFN4O2.C4H7Cl/c1-24-15-6-13-10(5-14(15)21-8-23)16(20-7-19-13)22-9-2-3-12(18)11(17)4-9;1-2-3-4-5/h2-8H,1H3,(H,21,23)(H,19,20,22);2-3H,4H2,1H3/b;3-2+. The number of nitrogens with zero attached hydrogens (tertiary/aromatic N) is 2. The number of benzene rings is 2. The van der Waals surface area contributed by atoms with Gasteiger partial charge in [0.25, 0.3) is 0 Å². The van der Waals surface area contributed by atoms with Crippen LogP contribution in [0.15, 0.2) is 48.8 Å². The SMILES string of the molecule is C/C=C/CCl.COc1cc2ncnc(Nc3ccc(F)c(Cl)c3)c2cc1NC=O. The molecule has 29 heavy (non-hydrogen) atoms. The minimum atomic E-state index is -0.503. The molecule has 1 aromatic heterocycles. The number of fused-ring (bicyclic) bond motifs is 1. The molecule has 0 bridgehead atoms. The second-order valence-corrected chi connectivity index (χ2v) is 6.25. The third-order valence-corrected chi connectivity index (χ3v) is 4.15. The number of aromatic nitrogens is 2. The third-order valence-electron chi connectivity index (χ3n) is 3.68. The van der Waals surface area contributed by atoms with Crippen LogP contribution in [-0.2, 0) is 4.79 Å². The third kappa shape index (κ3) is 6.04. The molecule has 0 saturated heterocycles. The molecule has 1 heterocycles. The van der Waals surface area contributed by atoms with E-state index >= 15 is 0 Å². The zero-order valence-electron chi connectivity index (χ0n) is 15.7. The van der Waals surface area contributed by atoms with E-state index in [0.29, 0.717) is 46.1 Å². The van der Waals surface area contributed by atoms with Gasteiger partial charge < -0.3 is 15.4 Å². The van der Waals surface area contributed by atoms with Crippen molar-refractivity contribution in [3.8, 4) is 5.75 Å². The van der Waals surface area contributed by atoms with Crippen molar-refractivity contribution in [2.75, 3.05) is 23.6 Å². The van der Waals surface area contributed by atoms with E-state index in [-0.39, 0.29) is 5.02 Å². The lowest BCUT2D eigenvalue weighted by Crippen LogP contribution is -2.00. The van der Waals surface area contributed by atoms with Gasteiger partial charge in [0.1, 0.15) is 23.7 Å². The van der Waals surface area contributed by atoms with Crippen LogP contribution in [0.5, 0.6) is 5.75 Å². The monoisotopic (exact) mass is 436 g/mol. The van der Waals surface area contributed by atoms with Crippen molar-refractivity contribution in [1.29, 1.82) is 0 Å². The normalized spacial score (nSPS) is 10.4. The highest BCUT2D eigenvalue weighted by molar-refractivity contribution is 6.31. The van der Waals surface area contributed by atoms with Gasteiger partial charge >= 0.3 is 0 Å². The first kappa shape index (κ1) is 22.4. The van der Waals surface area contributed by atoms with E-state index < -0.39 is 5.82 Å². The van der Waals surface area contributed by atoms with E-state index in [9.17, 15) is 9.18 Å². The lowest BCUT2D eigenvalue weighted by atomic mass is 10.2. The molecule has 6 nitrogen and oxygen atoms in total. The van der Waals surface area contributed by atoms with Crippen LogP contribution < -0.4 is 15.4 Å². The second kappa shape index (κ2) is 11.2. The molecule has 2 N–H and O–H groups in total. The number of allylic oxidation sites excluding steroid dienone is 2. The number of halogens is 3. The fourth-order valence-electron chi connectivity index (χ4n) is 2.33. The van der Waals surface area contributed by atoms with Crippen molar-refractivity contribution < 1.29 is 13.9 Å². The maximum atomic E-state index is 13.3. The number of alkyl halides is 1. The molecule has 1 amide bonds. The lowest BCUT2D eigenvalue weighted by Gasteiger charge is -2.12. The predicted molar refractivity (Wildman–Crippen MR) is 116 cm³/mol. The van der Waals surface area contributed by atoms with Gasteiger partial charge in [0.05, 0.1) is 23.3 Å². The van der Waals surface area contributed by atoms with E-state index in [2.05, 4.69) is 20.6 Å². The molecule has 0 aliphatic carbocycles. The number of methoxy groups -OCH3 is 1. The van der Waals surface area contributed by atoms with Crippen LogP contribution >= 0.6 is 23.2 Å². The number of nitrogens with one attached hydrogen (secondary N) is 2. The molecule has 0 radical (unpaired) electrons. The van der Waals surface area contributed by atoms with Crippen molar-refractivity contribution >= 4 is 57.7 Å². The molecule has 0 aliphatic rings. The Balaban J connectivity index is 0.000000537. The topological polar surface area (TPSA) is 76.1 Å². The van der Waals surface area contributed by atoms with Gasteiger partial charge in [-0.25, -0.2) is 14.4 Å². The summed E-state index contributed by atoms with van der Waals surface area (Å²) in [5.74, 6) is 1.09. The van der Waals surface area contributed by atoms with Gasteiger partial charge in [-0.05, 0) is 31.2 Å². The number of rotatable bonds is 6. The molecule has 0 atom stereocenters. The summed E-state index contributed by atoms with van der Waals surface area (Å²) in [6.45, 7) is 1.95. The Labute approximate surface area is 177 Å². The maximum absolute atomic E-state index is 13.3. The van der Waals surface area contributed by atoms with Gasteiger partial charge in [-0.3, -0.25) is 4.79 Å². The summed E-state index contributed by atoms with van der Waals surface area (Å²) < 4.78 is 18.5. The van der Waals surface area contributed by atoms with Gasteiger partial charge in [0.2, 0.25) is 6.41 Å². The Morgan fingerprint density at radius 1 is 1.24 bits per heavy atom. The molecule has 9 heteroatoms. The fourth-order valence-corrected chi connectivity index (χ4v) is 2.69. The molecular formula is C20H19Cl2FN4O2. The van der Waals surface area contributed by atoms with Gasteiger partial charge in [0, 0.05) is 23.0 Å². The first-order valence-electron chi connectivity index (χ1n) is 8.46. The van der Waals surface area contributed by atoms with Gasteiger partial charge in [0.15, 0.2) is 0 Å². The molecule has 152 valence electrons. The number of hydrogen-bond acceptors (Lipinski definition) is 5. The lowest BCUT2D eigenvalue weighted by molar-refractivity contribution is -0.105. The van der Waals surface area contributed by atoms with Crippen molar-refractivity contribution in [1.82, 2.24) is 9.97 Å². The van der Waals surface area contributed by atoms with E-state index in [1.54, 1.807) is 18.2 Å². The van der Waals surface area contributed by atoms with Crippen LogP contribution in [0.3, 0.4) is 0 Å². The van der Waals surface area contributed by atoms with E-state index in [1.165, 1.54) is 25.6 Å². The van der Waals surface area contributed by atoms with Crippen LogP contribution in [0.4, 0.5) is 21.6 Å². The number of hydrogen-bond donors (Lipinski definition) is 2. The van der Waals surface area contributed by atoms with Crippen LogP contribution in [0, 0.1) is 5.82 Å². The fraction of sp³-hybridized carbons (Fsp3) is 0.150. The first-order chi connectivity index (χ1) is 14.0. The number of carbonyl (C=O) groups is 1. The Bertz CT molecular complexity index is 1020. The minimum Gasteiger partial charge on any atom is -0.494 e. The van der Waals surface area contributed by atoms with Crippen molar-refractivity contribution in [2.24, 2.45) is 0 Å². The molecule has 0 spiro atoms. The van der Waals surface area contributed by atoms with Crippen LogP contribution in [0.1, 0.15) is 6.92 Å². The predicted octanol–water partition coefficient (Wildman–Crippen LogP) is 5.54. The maximum Gasteiger partial charge on any atom is 0.211 e. The highest BCUT2D eigenvalue weighted by atomic mass is 35.5. The molecular weight excluding hydrogens is 418 g/mol. The molecule has 0 unspecified atom stereocenters. The summed E-state index contributed by atoms with van der Waals surface area (Å²) in [4.78, 5) is 19.1. The van der Waals surface area contributed by atoms with Crippen molar-refractivity contribution in [3.63, 3.8) is 0 Å². The number of amides is 1. The number of anilines is 3. The van der Waals surface area contributed by atoms with Crippen molar-refractivity contribution in [3.05, 3.63) is 59.7 Å². The Hall–Kier alpha value is -2.90. The molecule has 0 aliphatic heterocycles. The quantitative estimate of drug-likeness (QED) is 0.301. The van der Waals surface area contributed by atoms with Crippen LogP contribution in [-0.4, -0.2) is 29.4 Å². The van der Waals surface area contributed by atoms with Gasteiger partial charge in [-0.15, -0.1) is 11.6 Å². The van der Waals surface area contributed by atoms with E-state index in [0.717, 1.165) is 0 Å². The summed E-state index contributed by atoms with van der Waals surface area (Å²) in [5, 5.41) is 6.29. The van der Waals surface area contributed by atoms with Gasteiger partial charge in [-0.1, -0.05) is 23.8 Å². The number of carbonyl (C=O) groups excluding carboxylic acids is 1. The largest absolute Gasteiger partial charge is 0.494 e. The highest BCUT2D eigenvalue weighted by Gasteiger charge is 2.11.